The molecule has 1 aliphatic rings. The molecule has 8 heavy (non-hydrogen) atoms. The lowest BCUT2D eigenvalue weighted by atomic mass is 9.86. The molecule has 1 fully saturated rings. The highest BCUT2D eigenvalue weighted by molar-refractivity contribution is 6.18. The minimum atomic E-state index is 0.840. The van der Waals surface area contributed by atoms with E-state index in [0.29, 0.717) is 0 Å². The first-order chi connectivity index (χ1) is 3.83. The molecule has 0 nitrogen and oxygen atoms in total. The van der Waals surface area contributed by atoms with Crippen LogP contribution < -0.4 is 0 Å². The van der Waals surface area contributed by atoms with Crippen LogP contribution in [0.2, 0.25) is 5.82 Å². The summed E-state index contributed by atoms with van der Waals surface area (Å²) in [7, 11) is 2.31. The fourth-order valence-electron chi connectivity index (χ4n) is 1.47. The lowest BCUT2D eigenvalue weighted by molar-refractivity contribution is 0.619. The second-order valence-corrected chi connectivity index (χ2v) is 3.25. The summed E-state index contributed by atoms with van der Waals surface area (Å²) in [6.45, 7) is 0. The van der Waals surface area contributed by atoms with Gasteiger partial charge in [0.25, 0.3) is 0 Å². The van der Waals surface area contributed by atoms with Crippen molar-refractivity contribution in [1.82, 2.24) is 0 Å². The molecule has 2 atom stereocenters. The molecule has 46 valence electrons. The van der Waals surface area contributed by atoms with Gasteiger partial charge in [-0.25, -0.2) is 0 Å². The van der Waals surface area contributed by atoms with Gasteiger partial charge in [-0.2, -0.15) is 0 Å². The van der Waals surface area contributed by atoms with Gasteiger partial charge in [-0.3, -0.25) is 0 Å². The minimum Gasteiger partial charge on any atom is -0.126 e. The Kier molecular flexibility index (Phi) is 2.24. The van der Waals surface area contributed by atoms with Crippen molar-refractivity contribution in [3.63, 3.8) is 0 Å². The molecule has 0 spiro atoms. The van der Waals surface area contributed by atoms with Gasteiger partial charge in [0.05, 0.1) is 0 Å². The Hall–Kier alpha value is 0.355. The zero-order chi connectivity index (χ0) is 5.98. The van der Waals surface area contributed by atoms with Crippen molar-refractivity contribution in [1.29, 1.82) is 0 Å². The van der Waals surface area contributed by atoms with E-state index in [4.69, 9.17) is 11.6 Å². The van der Waals surface area contributed by atoms with Gasteiger partial charge < -0.3 is 0 Å². The average molecular weight is 130 g/mol. The predicted octanol–water partition coefficient (Wildman–Crippen LogP) is 1.45. The highest BCUT2D eigenvalue weighted by Crippen LogP contribution is 2.33. The van der Waals surface area contributed by atoms with Crippen LogP contribution in [0.25, 0.3) is 0 Å². The number of halogens is 1. The number of rotatable bonds is 1. The van der Waals surface area contributed by atoms with Crippen molar-refractivity contribution in [2.75, 3.05) is 5.88 Å². The summed E-state index contributed by atoms with van der Waals surface area (Å²) in [4.78, 5) is 0. The maximum absolute atomic E-state index is 5.67. The summed E-state index contributed by atoms with van der Waals surface area (Å²) in [5.41, 5.74) is 0. The second-order valence-electron chi connectivity index (χ2n) is 2.94. The molecule has 1 rings (SSSR count). The third-order valence-electron chi connectivity index (χ3n) is 2.02. The van der Waals surface area contributed by atoms with Crippen molar-refractivity contribution in [2.24, 2.45) is 5.92 Å². The molecule has 2 heteroatoms. The Morgan fingerprint density at radius 2 is 2.25 bits per heavy atom. The Morgan fingerprint density at radius 3 is 2.50 bits per heavy atom. The fourth-order valence-corrected chi connectivity index (χ4v) is 1.75. The Bertz CT molecular complexity index is 74.9. The first-order valence-corrected chi connectivity index (χ1v) is 3.92. The smallest absolute Gasteiger partial charge is 0.105 e. The van der Waals surface area contributed by atoms with Gasteiger partial charge in [0.1, 0.15) is 7.85 Å². The van der Waals surface area contributed by atoms with E-state index in [1.165, 1.54) is 19.3 Å². The van der Waals surface area contributed by atoms with Gasteiger partial charge in [-0.05, 0) is 12.3 Å². The number of alkyl halides is 1. The second kappa shape index (κ2) is 2.77. The third-order valence-corrected chi connectivity index (χ3v) is 2.46. The molecule has 1 saturated carbocycles. The van der Waals surface area contributed by atoms with Gasteiger partial charge in [-0.1, -0.05) is 18.7 Å². The first-order valence-electron chi connectivity index (χ1n) is 3.39. The van der Waals surface area contributed by atoms with Gasteiger partial charge in [-0.15, -0.1) is 11.6 Å². The van der Waals surface area contributed by atoms with Crippen LogP contribution in [0.5, 0.6) is 0 Å². The number of hydrogen-bond acceptors (Lipinski definition) is 0. The largest absolute Gasteiger partial charge is 0.126 e. The van der Waals surface area contributed by atoms with Crippen LogP contribution in [-0.2, 0) is 0 Å². The van der Waals surface area contributed by atoms with Crippen LogP contribution in [0.3, 0.4) is 0 Å². The number of hydrogen-bond donors (Lipinski definition) is 0. The van der Waals surface area contributed by atoms with Crippen molar-refractivity contribution < 1.29 is 0 Å². The van der Waals surface area contributed by atoms with Crippen LogP contribution in [0.1, 0.15) is 19.3 Å². The van der Waals surface area contributed by atoms with Crippen molar-refractivity contribution in [3.8, 4) is 0 Å². The monoisotopic (exact) mass is 130 g/mol. The first kappa shape index (κ1) is 6.47. The van der Waals surface area contributed by atoms with Crippen molar-refractivity contribution in [3.05, 3.63) is 0 Å². The van der Waals surface area contributed by atoms with E-state index in [9.17, 15) is 0 Å². The molecule has 0 aromatic rings. The quantitative estimate of drug-likeness (QED) is 0.372. The van der Waals surface area contributed by atoms with Crippen LogP contribution in [0.15, 0.2) is 0 Å². The van der Waals surface area contributed by atoms with E-state index in [2.05, 4.69) is 7.85 Å². The van der Waals surface area contributed by atoms with E-state index >= 15 is 0 Å². The molecule has 0 saturated heterocycles. The van der Waals surface area contributed by atoms with E-state index < -0.39 is 0 Å². The van der Waals surface area contributed by atoms with Crippen LogP contribution in [-0.4, -0.2) is 13.7 Å². The van der Waals surface area contributed by atoms with Crippen molar-refractivity contribution in [2.45, 2.75) is 25.1 Å². The van der Waals surface area contributed by atoms with Crippen molar-refractivity contribution >= 4 is 19.4 Å². The lowest BCUT2D eigenvalue weighted by Crippen LogP contribution is -1.93. The lowest BCUT2D eigenvalue weighted by Gasteiger charge is -2.00. The van der Waals surface area contributed by atoms with Gasteiger partial charge in [0.2, 0.25) is 0 Å². The van der Waals surface area contributed by atoms with Gasteiger partial charge >= 0.3 is 0 Å². The van der Waals surface area contributed by atoms with E-state index in [1.54, 1.807) is 0 Å². The SMILES string of the molecule is BC1CCC(CCl)C1. The average Bonchev–Trinajstić information content (AvgIpc) is 2.14. The molecule has 0 N–H and O–H groups in total. The highest BCUT2D eigenvalue weighted by atomic mass is 35.5. The Morgan fingerprint density at radius 1 is 1.50 bits per heavy atom. The standard InChI is InChI=1S/C6H12BCl/c7-6-2-1-5(3-6)4-8/h5-6H,1-4,7H2. The molecule has 0 aliphatic heterocycles. The summed E-state index contributed by atoms with van der Waals surface area (Å²) in [6.07, 6.45) is 4.13. The summed E-state index contributed by atoms with van der Waals surface area (Å²) in [5.74, 6) is 2.66. The molecule has 1 aliphatic carbocycles. The molecular formula is C6H12BCl. The summed E-state index contributed by atoms with van der Waals surface area (Å²) in [5, 5.41) is 0. The molecule has 2 unspecified atom stereocenters. The van der Waals surface area contributed by atoms with Gasteiger partial charge in [0, 0.05) is 5.88 Å². The fraction of sp³-hybridized carbons (Fsp3) is 1.00. The molecule has 0 amide bonds. The zero-order valence-corrected chi connectivity index (χ0v) is 6.12. The summed E-state index contributed by atoms with van der Waals surface area (Å²) in [6, 6.07) is 0. The normalized spacial score (nSPS) is 38.1. The van der Waals surface area contributed by atoms with Crippen LogP contribution in [0, 0.1) is 5.92 Å². The minimum absolute atomic E-state index is 0.840. The Labute approximate surface area is 57.0 Å². The van der Waals surface area contributed by atoms with E-state index in [0.717, 1.165) is 17.6 Å². The molecule has 0 radical (unpaired) electrons. The zero-order valence-electron chi connectivity index (χ0n) is 5.36. The topological polar surface area (TPSA) is 0 Å². The molecular weight excluding hydrogens is 118 g/mol. The Balaban J connectivity index is 2.22. The van der Waals surface area contributed by atoms with E-state index in [-0.39, 0.29) is 0 Å². The third kappa shape index (κ3) is 1.41. The van der Waals surface area contributed by atoms with Crippen LogP contribution in [0.4, 0.5) is 0 Å². The van der Waals surface area contributed by atoms with E-state index in [1.807, 2.05) is 0 Å². The molecule has 0 heterocycles. The maximum Gasteiger partial charge on any atom is 0.105 e. The summed E-state index contributed by atoms with van der Waals surface area (Å²) < 4.78 is 0. The molecule has 0 bridgehead atoms. The highest BCUT2D eigenvalue weighted by Gasteiger charge is 2.19. The maximum atomic E-state index is 5.67. The predicted molar refractivity (Wildman–Crippen MR) is 40.4 cm³/mol. The summed E-state index contributed by atoms with van der Waals surface area (Å²) >= 11 is 5.67. The van der Waals surface area contributed by atoms with Crippen LogP contribution >= 0.6 is 11.6 Å². The molecule has 0 aromatic carbocycles. The van der Waals surface area contributed by atoms with Gasteiger partial charge in [0.15, 0.2) is 0 Å². The molecule has 0 aromatic heterocycles.